The molecule has 1 unspecified atom stereocenters. The standard InChI is InChI=1S/C22H25F3N4O/c1-3-16-6-5-9-19(26-12-16)21(30-2)28-20-14-29(15-27-20)13-18-8-4-7-17(10-18)11-22(23,24)25/h4,6-10,12,14-15,21,28H,3,5,11,13H2,1-2H3. The summed E-state index contributed by atoms with van der Waals surface area (Å²) in [6.45, 7) is 2.50. The molecule has 0 saturated heterocycles. The Morgan fingerprint density at radius 2 is 2.03 bits per heavy atom. The van der Waals surface area contributed by atoms with Crippen molar-refractivity contribution in [2.75, 3.05) is 12.4 Å². The van der Waals surface area contributed by atoms with Crippen LogP contribution >= 0.6 is 0 Å². The van der Waals surface area contributed by atoms with Crippen molar-refractivity contribution in [3.05, 3.63) is 71.3 Å². The zero-order valence-corrected chi connectivity index (χ0v) is 17.0. The Labute approximate surface area is 174 Å². The van der Waals surface area contributed by atoms with Gasteiger partial charge in [-0.15, -0.1) is 0 Å². The molecule has 30 heavy (non-hydrogen) atoms. The van der Waals surface area contributed by atoms with Gasteiger partial charge in [0.05, 0.1) is 18.4 Å². The lowest BCUT2D eigenvalue weighted by Crippen LogP contribution is -2.23. The first-order valence-corrected chi connectivity index (χ1v) is 9.75. The van der Waals surface area contributed by atoms with Crippen LogP contribution in [0.2, 0.25) is 0 Å². The zero-order valence-electron chi connectivity index (χ0n) is 17.0. The molecule has 0 amide bonds. The summed E-state index contributed by atoms with van der Waals surface area (Å²) in [7, 11) is 1.59. The van der Waals surface area contributed by atoms with Crippen LogP contribution in [-0.4, -0.2) is 35.3 Å². The quantitative estimate of drug-likeness (QED) is 0.606. The number of ether oxygens (including phenoxy) is 1. The molecule has 0 bridgehead atoms. The second-order valence-corrected chi connectivity index (χ2v) is 7.06. The number of halogens is 3. The predicted octanol–water partition coefficient (Wildman–Crippen LogP) is 5.12. The van der Waals surface area contributed by atoms with Crippen LogP contribution in [0, 0.1) is 0 Å². The molecule has 2 heterocycles. The average molecular weight is 418 g/mol. The number of aliphatic imine (C=N–C) groups is 1. The fourth-order valence-electron chi connectivity index (χ4n) is 3.19. The molecule has 1 N–H and O–H groups in total. The maximum Gasteiger partial charge on any atom is 0.393 e. The van der Waals surface area contributed by atoms with Crippen molar-refractivity contribution >= 4 is 12.0 Å². The highest BCUT2D eigenvalue weighted by Crippen LogP contribution is 2.22. The number of nitrogens with zero attached hydrogens (tertiary/aromatic N) is 3. The first-order chi connectivity index (χ1) is 14.4. The first-order valence-electron chi connectivity index (χ1n) is 9.75. The van der Waals surface area contributed by atoms with Gasteiger partial charge in [-0.3, -0.25) is 4.99 Å². The Hall–Kier alpha value is -2.87. The third-order valence-electron chi connectivity index (χ3n) is 4.67. The van der Waals surface area contributed by atoms with E-state index in [1.54, 1.807) is 37.8 Å². The van der Waals surface area contributed by atoms with E-state index in [9.17, 15) is 13.2 Å². The zero-order chi connectivity index (χ0) is 21.6. The van der Waals surface area contributed by atoms with Gasteiger partial charge in [-0.05, 0) is 29.5 Å². The lowest BCUT2D eigenvalue weighted by atomic mass is 10.1. The number of benzene rings is 1. The number of rotatable bonds is 8. The summed E-state index contributed by atoms with van der Waals surface area (Å²) in [5.41, 5.74) is 2.97. The molecule has 0 aliphatic carbocycles. The van der Waals surface area contributed by atoms with E-state index >= 15 is 0 Å². The van der Waals surface area contributed by atoms with Gasteiger partial charge in [0.25, 0.3) is 0 Å². The Bertz CT molecular complexity index is 944. The number of allylic oxidation sites excluding steroid dienone is 3. The number of imidazole rings is 1. The molecule has 1 aliphatic rings. The van der Waals surface area contributed by atoms with Gasteiger partial charge in [0, 0.05) is 26.1 Å². The molecule has 3 rings (SSSR count). The number of hydrogen-bond acceptors (Lipinski definition) is 4. The van der Waals surface area contributed by atoms with Crippen LogP contribution in [0.25, 0.3) is 0 Å². The Morgan fingerprint density at radius 3 is 2.77 bits per heavy atom. The maximum atomic E-state index is 12.6. The fourth-order valence-corrected chi connectivity index (χ4v) is 3.19. The van der Waals surface area contributed by atoms with Crippen LogP contribution < -0.4 is 5.32 Å². The minimum atomic E-state index is -4.22. The number of hydrogen-bond donors (Lipinski definition) is 1. The molecular formula is C22H25F3N4O. The maximum absolute atomic E-state index is 12.6. The smallest absolute Gasteiger partial charge is 0.356 e. The van der Waals surface area contributed by atoms with Gasteiger partial charge in [0.1, 0.15) is 5.82 Å². The van der Waals surface area contributed by atoms with Gasteiger partial charge in [-0.25, -0.2) is 4.98 Å². The summed E-state index contributed by atoms with van der Waals surface area (Å²) >= 11 is 0. The van der Waals surface area contributed by atoms with Crippen LogP contribution in [0.15, 0.2) is 65.2 Å². The van der Waals surface area contributed by atoms with Crippen LogP contribution in [0.4, 0.5) is 19.0 Å². The summed E-state index contributed by atoms with van der Waals surface area (Å²) in [4.78, 5) is 8.84. The second-order valence-electron chi connectivity index (χ2n) is 7.06. The van der Waals surface area contributed by atoms with E-state index in [0.29, 0.717) is 12.4 Å². The average Bonchev–Trinajstić information content (AvgIpc) is 2.98. The van der Waals surface area contributed by atoms with Gasteiger partial charge in [-0.1, -0.05) is 43.3 Å². The van der Waals surface area contributed by atoms with E-state index in [1.165, 1.54) is 11.6 Å². The van der Waals surface area contributed by atoms with E-state index < -0.39 is 18.8 Å². The Balaban J connectivity index is 1.65. The molecule has 1 aromatic carbocycles. The Kier molecular flexibility index (Phi) is 7.10. The summed E-state index contributed by atoms with van der Waals surface area (Å²) in [5, 5.41) is 3.20. The van der Waals surface area contributed by atoms with Gasteiger partial charge >= 0.3 is 6.18 Å². The molecular weight excluding hydrogens is 393 g/mol. The predicted molar refractivity (Wildman–Crippen MR) is 112 cm³/mol. The van der Waals surface area contributed by atoms with Gasteiger partial charge < -0.3 is 14.6 Å². The lowest BCUT2D eigenvalue weighted by molar-refractivity contribution is -0.127. The summed E-state index contributed by atoms with van der Waals surface area (Å²) < 4.78 is 45.2. The molecule has 2 aromatic rings. The summed E-state index contributed by atoms with van der Waals surface area (Å²) in [6.07, 6.45) is 5.50. The van der Waals surface area contributed by atoms with Crippen molar-refractivity contribution in [1.29, 1.82) is 0 Å². The van der Waals surface area contributed by atoms with E-state index in [4.69, 9.17) is 4.74 Å². The largest absolute Gasteiger partial charge is 0.393 e. The molecule has 1 aromatic heterocycles. The first kappa shape index (κ1) is 21.8. The van der Waals surface area contributed by atoms with Crippen LogP contribution in [0.5, 0.6) is 0 Å². The van der Waals surface area contributed by atoms with Crippen molar-refractivity contribution < 1.29 is 17.9 Å². The highest BCUT2D eigenvalue weighted by molar-refractivity contribution is 5.79. The Morgan fingerprint density at radius 1 is 1.23 bits per heavy atom. The summed E-state index contributed by atoms with van der Waals surface area (Å²) in [5.74, 6) is 0.595. The molecule has 0 saturated carbocycles. The van der Waals surface area contributed by atoms with Gasteiger partial charge in [-0.2, -0.15) is 13.2 Å². The van der Waals surface area contributed by atoms with Crippen LogP contribution in [0.1, 0.15) is 30.9 Å². The second kappa shape index (κ2) is 9.75. The molecule has 0 radical (unpaired) electrons. The lowest BCUT2D eigenvalue weighted by Gasteiger charge is -2.17. The van der Waals surface area contributed by atoms with Crippen molar-refractivity contribution in [3.8, 4) is 0 Å². The molecule has 160 valence electrons. The van der Waals surface area contributed by atoms with Crippen LogP contribution in [0.3, 0.4) is 0 Å². The van der Waals surface area contributed by atoms with E-state index in [1.807, 2.05) is 16.9 Å². The van der Waals surface area contributed by atoms with Gasteiger partial charge in [0.2, 0.25) is 0 Å². The third kappa shape index (κ3) is 6.32. The summed E-state index contributed by atoms with van der Waals surface area (Å²) in [6, 6.07) is 6.50. The minimum Gasteiger partial charge on any atom is -0.356 e. The van der Waals surface area contributed by atoms with E-state index in [0.717, 1.165) is 24.1 Å². The SMILES string of the molecule is CCC1=CCC=C(C(Nc2cn(Cc3cccc(CC(F)(F)F)c3)cn2)OC)N=C1. The fraction of sp³-hybridized carbons (Fsp3) is 0.364. The number of methoxy groups -OCH3 is 1. The topological polar surface area (TPSA) is 51.4 Å². The minimum absolute atomic E-state index is 0.246. The normalized spacial score (nSPS) is 15.4. The highest BCUT2D eigenvalue weighted by atomic mass is 19.4. The van der Waals surface area contributed by atoms with E-state index in [-0.39, 0.29) is 5.56 Å². The number of anilines is 1. The number of alkyl halides is 3. The van der Waals surface area contributed by atoms with Crippen molar-refractivity contribution in [3.63, 3.8) is 0 Å². The molecule has 8 heteroatoms. The third-order valence-corrected chi connectivity index (χ3v) is 4.67. The molecule has 1 atom stereocenters. The molecule has 5 nitrogen and oxygen atoms in total. The number of nitrogens with one attached hydrogen (secondary N) is 1. The molecule has 0 spiro atoms. The van der Waals surface area contributed by atoms with Gasteiger partial charge in [0.15, 0.2) is 6.23 Å². The molecule has 1 aliphatic heterocycles. The molecule has 0 fully saturated rings. The van der Waals surface area contributed by atoms with Crippen molar-refractivity contribution in [2.24, 2.45) is 4.99 Å². The number of aromatic nitrogens is 2. The van der Waals surface area contributed by atoms with Crippen molar-refractivity contribution in [2.45, 2.75) is 45.1 Å². The van der Waals surface area contributed by atoms with E-state index in [2.05, 4.69) is 28.3 Å². The van der Waals surface area contributed by atoms with Crippen LogP contribution in [-0.2, 0) is 17.7 Å². The highest BCUT2D eigenvalue weighted by Gasteiger charge is 2.27. The monoisotopic (exact) mass is 418 g/mol. The van der Waals surface area contributed by atoms with Crippen molar-refractivity contribution in [1.82, 2.24) is 9.55 Å².